The number of carbonyl (C=O) groups is 1. The van der Waals surface area contributed by atoms with Crippen molar-refractivity contribution in [2.75, 3.05) is 18.0 Å². The average Bonchev–Trinajstić information content (AvgIpc) is 2.55. The van der Waals surface area contributed by atoms with Gasteiger partial charge in [0.05, 0.1) is 0 Å². The second-order valence-corrected chi connectivity index (χ2v) is 5.56. The number of nitrogens with zero attached hydrogens (tertiary/aromatic N) is 3. The molecule has 0 unspecified atom stereocenters. The van der Waals surface area contributed by atoms with Crippen LogP contribution in [0.3, 0.4) is 0 Å². The zero-order valence-electron chi connectivity index (χ0n) is 12.9. The third-order valence-corrected chi connectivity index (χ3v) is 3.88. The molecule has 1 aliphatic rings. The lowest BCUT2D eigenvalue weighted by Crippen LogP contribution is -2.35. The molecule has 0 bridgehead atoms. The fourth-order valence-electron chi connectivity index (χ4n) is 2.54. The van der Waals surface area contributed by atoms with Gasteiger partial charge in [0, 0.05) is 37.5 Å². The van der Waals surface area contributed by atoms with Crippen molar-refractivity contribution in [1.82, 2.24) is 9.97 Å². The number of carboxylic acid groups (broad SMARTS) is 1. The Balaban J connectivity index is 1.97. The van der Waals surface area contributed by atoms with Crippen molar-refractivity contribution >= 4 is 17.5 Å². The maximum absolute atomic E-state index is 13.2. The van der Waals surface area contributed by atoms with E-state index >= 15 is 0 Å². The first-order chi connectivity index (χ1) is 11.0. The molecule has 0 radical (unpaired) electrons. The summed E-state index contributed by atoms with van der Waals surface area (Å²) in [6.45, 7) is 8.61. The molecule has 0 atom stereocenters. The predicted molar refractivity (Wildman–Crippen MR) is 87.6 cm³/mol. The van der Waals surface area contributed by atoms with Crippen LogP contribution in [0.1, 0.15) is 24.8 Å². The van der Waals surface area contributed by atoms with Crippen LogP contribution in [-0.4, -0.2) is 34.1 Å². The molecule has 2 heterocycles. The van der Waals surface area contributed by atoms with E-state index < -0.39 is 11.8 Å². The van der Waals surface area contributed by atoms with E-state index in [1.807, 2.05) is 4.90 Å². The molecule has 0 spiro atoms. The van der Waals surface area contributed by atoms with Gasteiger partial charge in [-0.15, -0.1) is 0 Å². The van der Waals surface area contributed by atoms with Gasteiger partial charge in [-0.1, -0.05) is 13.2 Å². The fraction of sp³-hybridized carbons (Fsp3) is 0.353. The molecule has 1 aromatic rings. The van der Waals surface area contributed by atoms with Gasteiger partial charge in [0.15, 0.2) is 0 Å². The molecule has 1 N–H and O–H groups in total. The topological polar surface area (TPSA) is 66.3 Å². The summed E-state index contributed by atoms with van der Waals surface area (Å²) in [6, 6.07) is 0. The Morgan fingerprint density at radius 2 is 2.00 bits per heavy atom. The van der Waals surface area contributed by atoms with Gasteiger partial charge in [0.25, 0.3) is 0 Å². The third-order valence-electron chi connectivity index (χ3n) is 3.88. The van der Waals surface area contributed by atoms with Gasteiger partial charge in [-0.25, -0.2) is 14.4 Å². The van der Waals surface area contributed by atoms with E-state index in [2.05, 4.69) is 23.1 Å². The summed E-state index contributed by atoms with van der Waals surface area (Å²) in [6.07, 6.45) is 7.47. The summed E-state index contributed by atoms with van der Waals surface area (Å²) in [7, 11) is 0. The molecule has 1 saturated heterocycles. The van der Waals surface area contributed by atoms with Crippen LogP contribution < -0.4 is 4.90 Å². The second kappa shape index (κ2) is 7.67. The van der Waals surface area contributed by atoms with Crippen molar-refractivity contribution in [2.24, 2.45) is 5.92 Å². The second-order valence-electron chi connectivity index (χ2n) is 5.56. The van der Waals surface area contributed by atoms with E-state index in [0.29, 0.717) is 17.1 Å². The molecule has 5 nitrogen and oxygen atoms in total. The number of hydrogen-bond donors (Lipinski definition) is 1. The predicted octanol–water partition coefficient (Wildman–Crippen LogP) is 3.22. The minimum Gasteiger partial charge on any atom is -0.481 e. The molecule has 1 aromatic heterocycles. The van der Waals surface area contributed by atoms with Crippen LogP contribution in [0.4, 0.5) is 10.3 Å². The number of piperidine rings is 1. The molecular formula is C17H20FN3O2. The molecule has 1 aliphatic heterocycles. The Morgan fingerprint density at radius 3 is 2.52 bits per heavy atom. The zero-order chi connectivity index (χ0) is 16.8. The molecule has 0 amide bonds. The van der Waals surface area contributed by atoms with Crippen LogP contribution in [-0.2, 0) is 4.79 Å². The Kier molecular flexibility index (Phi) is 5.62. The van der Waals surface area contributed by atoms with E-state index in [-0.39, 0.29) is 12.3 Å². The van der Waals surface area contributed by atoms with Crippen LogP contribution in [0.2, 0.25) is 0 Å². The minimum absolute atomic E-state index is 0.217. The Labute approximate surface area is 134 Å². The molecule has 6 heteroatoms. The summed E-state index contributed by atoms with van der Waals surface area (Å²) in [5.74, 6) is -0.389. The highest BCUT2D eigenvalue weighted by molar-refractivity contribution is 5.72. The number of rotatable bonds is 6. The number of hydrogen-bond acceptors (Lipinski definition) is 4. The molecule has 0 aliphatic carbocycles. The van der Waals surface area contributed by atoms with Crippen LogP contribution in [0.5, 0.6) is 0 Å². The number of carboxylic acids is 1. The summed E-state index contributed by atoms with van der Waals surface area (Å²) in [4.78, 5) is 21.4. The summed E-state index contributed by atoms with van der Waals surface area (Å²) >= 11 is 0. The summed E-state index contributed by atoms with van der Waals surface area (Å²) < 4.78 is 13.2. The SMILES string of the molecule is C=C/C(F)=C\C(=C)c1cnc(N2CCC(CC(=O)O)CC2)nc1. The van der Waals surface area contributed by atoms with E-state index in [4.69, 9.17) is 5.11 Å². The van der Waals surface area contributed by atoms with Gasteiger partial charge < -0.3 is 10.0 Å². The first-order valence-electron chi connectivity index (χ1n) is 7.47. The zero-order valence-corrected chi connectivity index (χ0v) is 12.9. The van der Waals surface area contributed by atoms with Gasteiger partial charge in [-0.3, -0.25) is 4.79 Å². The number of aromatic nitrogens is 2. The van der Waals surface area contributed by atoms with Crippen LogP contribution in [0.25, 0.3) is 5.57 Å². The maximum atomic E-state index is 13.2. The fourth-order valence-corrected chi connectivity index (χ4v) is 2.54. The van der Waals surface area contributed by atoms with Gasteiger partial charge in [0.1, 0.15) is 5.83 Å². The minimum atomic E-state index is -0.748. The van der Waals surface area contributed by atoms with Crippen molar-refractivity contribution in [3.8, 4) is 0 Å². The van der Waals surface area contributed by atoms with Gasteiger partial charge >= 0.3 is 5.97 Å². The Bertz CT molecular complexity index is 617. The molecule has 1 fully saturated rings. The van der Waals surface area contributed by atoms with E-state index in [0.717, 1.165) is 32.0 Å². The normalized spacial score (nSPS) is 16.2. The molecule has 122 valence electrons. The first kappa shape index (κ1) is 16.9. The smallest absolute Gasteiger partial charge is 0.303 e. The standard InChI is InChI=1S/C17H20FN3O2/c1-3-15(18)8-12(2)14-10-19-17(20-11-14)21-6-4-13(5-7-21)9-16(22)23/h3,8,10-11,13H,1-2,4-7,9H2,(H,22,23)/b15-8+. The molecule has 0 saturated carbocycles. The van der Waals surface area contributed by atoms with E-state index in [1.165, 1.54) is 6.08 Å². The summed E-state index contributed by atoms with van der Waals surface area (Å²) in [5, 5.41) is 8.83. The van der Waals surface area contributed by atoms with Crippen molar-refractivity contribution in [2.45, 2.75) is 19.3 Å². The lowest BCUT2D eigenvalue weighted by atomic mass is 9.94. The Hall–Kier alpha value is -2.50. The van der Waals surface area contributed by atoms with Crippen molar-refractivity contribution in [3.63, 3.8) is 0 Å². The largest absolute Gasteiger partial charge is 0.481 e. The van der Waals surface area contributed by atoms with Crippen molar-refractivity contribution in [3.05, 3.63) is 49.1 Å². The molecular weight excluding hydrogens is 297 g/mol. The highest BCUT2D eigenvalue weighted by Crippen LogP contribution is 2.23. The lowest BCUT2D eigenvalue weighted by molar-refractivity contribution is -0.138. The monoisotopic (exact) mass is 317 g/mol. The number of aliphatic carboxylic acids is 1. The number of halogens is 1. The Morgan fingerprint density at radius 1 is 1.39 bits per heavy atom. The van der Waals surface area contributed by atoms with Crippen molar-refractivity contribution in [1.29, 1.82) is 0 Å². The number of allylic oxidation sites excluding steroid dienone is 4. The molecule has 0 aromatic carbocycles. The first-order valence-corrected chi connectivity index (χ1v) is 7.47. The van der Waals surface area contributed by atoms with Gasteiger partial charge in [0.2, 0.25) is 5.95 Å². The quantitative estimate of drug-likeness (QED) is 0.816. The van der Waals surface area contributed by atoms with E-state index in [9.17, 15) is 9.18 Å². The van der Waals surface area contributed by atoms with Crippen LogP contribution in [0.15, 0.2) is 43.5 Å². The highest BCUT2D eigenvalue weighted by Gasteiger charge is 2.22. The average molecular weight is 317 g/mol. The number of anilines is 1. The van der Waals surface area contributed by atoms with E-state index in [1.54, 1.807) is 12.4 Å². The molecule has 2 rings (SSSR count). The van der Waals surface area contributed by atoms with Gasteiger partial charge in [-0.2, -0.15) is 0 Å². The van der Waals surface area contributed by atoms with Crippen molar-refractivity contribution < 1.29 is 14.3 Å². The molecule has 23 heavy (non-hydrogen) atoms. The maximum Gasteiger partial charge on any atom is 0.303 e. The van der Waals surface area contributed by atoms with Crippen LogP contribution in [0, 0.1) is 5.92 Å². The van der Waals surface area contributed by atoms with Crippen LogP contribution >= 0.6 is 0 Å². The third kappa shape index (κ3) is 4.74. The van der Waals surface area contributed by atoms with Gasteiger partial charge in [-0.05, 0) is 36.5 Å². The summed E-state index contributed by atoms with van der Waals surface area (Å²) in [5.41, 5.74) is 1.13. The highest BCUT2D eigenvalue weighted by atomic mass is 19.1. The lowest BCUT2D eigenvalue weighted by Gasteiger charge is -2.31.